The van der Waals surface area contributed by atoms with E-state index >= 15 is 0 Å². The van der Waals surface area contributed by atoms with Crippen LogP contribution in [0.5, 0.6) is 11.5 Å². The van der Waals surface area contributed by atoms with Crippen LogP contribution < -0.4 is 19.7 Å². The van der Waals surface area contributed by atoms with Gasteiger partial charge in [0.2, 0.25) is 6.79 Å². The van der Waals surface area contributed by atoms with Gasteiger partial charge in [0.15, 0.2) is 17.6 Å². The molecule has 2 aliphatic heterocycles. The standard InChI is InChI=1S/C23H25N3O7/c1-14-4-3-9-25(12-14)18-7-5-16(10-19(18)26(29)30)23(28)33-15(2)22(27)24-17-6-8-20-21(11-17)32-13-31-20/h5-8,10-11,14-15H,3-4,9,12-13H2,1-2H3,(H,24,27). The van der Waals surface area contributed by atoms with Crippen molar-refractivity contribution in [3.05, 3.63) is 52.1 Å². The minimum atomic E-state index is -1.12. The number of esters is 1. The van der Waals surface area contributed by atoms with Gasteiger partial charge in [-0.05, 0) is 49.9 Å². The maximum absolute atomic E-state index is 12.6. The molecular formula is C23H25N3O7. The van der Waals surface area contributed by atoms with Crippen molar-refractivity contribution in [2.45, 2.75) is 32.8 Å². The Morgan fingerprint density at radius 1 is 1.21 bits per heavy atom. The lowest BCUT2D eigenvalue weighted by atomic mass is 9.99. The van der Waals surface area contributed by atoms with Crippen molar-refractivity contribution in [3.63, 3.8) is 0 Å². The van der Waals surface area contributed by atoms with Crippen LogP contribution in [0.25, 0.3) is 0 Å². The molecule has 2 atom stereocenters. The summed E-state index contributed by atoms with van der Waals surface area (Å²) in [5.74, 6) is 0.164. The Hall–Kier alpha value is -3.82. The highest BCUT2D eigenvalue weighted by molar-refractivity contribution is 5.98. The van der Waals surface area contributed by atoms with Gasteiger partial charge in [-0.2, -0.15) is 0 Å². The molecule has 2 aliphatic rings. The lowest BCUT2D eigenvalue weighted by Gasteiger charge is -2.32. The molecule has 1 saturated heterocycles. The first kappa shape index (κ1) is 22.4. The number of carbonyl (C=O) groups is 2. The van der Waals surface area contributed by atoms with E-state index in [1.165, 1.54) is 19.1 Å². The second-order valence-electron chi connectivity index (χ2n) is 8.26. The van der Waals surface area contributed by atoms with Crippen molar-refractivity contribution < 1.29 is 28.7 Å². The highest BCUT2D eigenvalue weighted by Gasteiger charge is 2.27. The summed E-state index contributed by atoms with van der Waals surface area (Å²) in [7, 11) is 0. The molecule has 2 unspecified atom stereocenters. The fourth-order valence-electron chi connectivity index (χ4n) is 3.97. The topological polar surface area (TPSA) is 120 Å². The Morgan fingerprint density at radius 2 is 2.00 bits per heavy atom. The Morgan fingerprint density at radius 3 is 2.76 bits per heavy atom. The van der Waals surface area contributed by atoms with E-state index in [0.717, 1.165) is 25.9 Å². The van der Waals surface area contributed by atoms with Gasteiger partial charge in [-0.3, -0.25) is 14.9 Å². The van der Waals surface area contributed by atoms with Crippen LogP contribution in [0.4, 0.5) is 17.1 Å². The van der Waals surface area contributed by atoms with Crippen molar-refractivity contribution in [3.8, 4) is 11.5 Å². The molecule has 1 N–H and O–H groups in total. The summed E-state index contributed by atoms with van der Waals surface area (Å²) in [5, 5.41) is 14.3. The Kier molecular flexibility index (Phi) is 6.34. The SMILES string of the molecule is CC1CCCN(c2ccc(C(=O)OC(C)C(=O)Nc3ccc4c(c3)OCO4)cc2[N+](=O)[O-])C1. The minimum absolute atomic E-state index is 0.0123. The molecule has 0 aromatic heterocycles. The number of fused-ring (bicyclic) bond motifs is 1. The highest BCUT2D eigenvalue weighted by Crippen LogP contribution is 2.35. The number of benzene rings is 2. The van der Waals surface area contributed by atoms with E-state index in [9.17, 15) is 19.7 Å². The zero-order valence-corrected chi connectivity index (χ0v) is 18.4. The van der Waals surface area contributed by atoms with E-state index in [-0.39, 0.29) is 18.0 Å². The number of nitro groups is 1. The first-order valence-electron chi connectivity index (χ1n) is 10.8. The maximum atomic E-state index is 12.6. The molecule has 0 radical (unpaired) electrons. The number of nitrogens with zero attached hydrogens (tertiary/aromatic N) is 2. The molecule has 0 spiro atoms. The third-order valence-corrected chi connectivity index (χ3v) is 5.70. The average molecular weight is 455 g/mol. The van der Waals surface area contributed by atoms with Crippen LogP contribution in [0.2, 0.25) is 0 Å². The van der Waals surface area contributed by atoms with Crippen molar-refractivity contribution in [1.82, 2.24) is 0 Å². The second-order valence-corrected chi connectivity index (χ2v) is 8.26. The fourth-order valence-corrected chi connectivity index (χ4v) is 3.97. The van der Waals surface area contributed by atoms with Crippen LogP contribution in [0.3, 0.4) is 0 Å². The summed E-state index contributed by atoms with van der Waals surface area (Å²) in [5.41, 5.74) is 0.800. The van der Waals surface area contributed by atoms with Gasteiger partial charge in [0, 0.05) is 30.9 Å². The molecule has 0 aliphatic carbocycles. The Labute approximate surface area is 190 Å². The molecule has 1 amide bonds. The average Bonchev–Trinajstić information content (AvgIpc) is 3.26. The molecule has 2 aromatic carbocycles. The summed E-state index contributed by atoms with van der Waals surface area (Å²) in [6.07, 6.45) is 0.920. The van der Waals surface area contributed by atoms with Crippen molar-refractivity contribution >= 4 is 28.9 Å². The normalized spacial score (nSPS) is 17.9. The molecular weight excluding hydrogens is 430 g/mol. The molecule has 1 fully saturated rings. The van der Waals surface area contributed by atoms with Crippen molar-refractivity contribution in [2.24, 2.45) is 5.92 Å². The molecule has 4 rings (SSSR count). The van der Waals surface area contributed by atoms with Gasteiger partial charge in [-0.15, -0.1) is 0 Å². The van der Waals surface area contributed by atoms with Crippen LogP contribution in [0.15, 0.2) is 36.4 Å². The number of anilines is 2. The molecule has 10 heteroatoms. The largest absolute Gasteiger partial charge is 0.454 e. The summed E-state index contributed by atoms with van der Waals surface area (Å²) in [6, 6.07) is 9.19. The number of piperidine rings is 1. The number of amides is 1. The molecule has 0 bridgehead atoms. The van der Waals surface area contributed by atoms with Crippen molar-refractivity contribution in [1.29, 1.82) is 0 Å². The predicted octanol–water partition coefficient (Wildman–Crippen LogP) is 3.74. The summed E-state index contributed by atoms with van der Waals surface area (Å²) in [4.78, 5) is 38.2. The van der Waals surface area contributed by atoms with Crippen LogP contribution in [-0.4, -0.2) is 42.8 Å². The van der Waals surface area contributed by atoms with Gasteiger partial charge < -0.3 is 24.4 Å². The highest BCUT2D eigenvalue weighted by atomic mass is 16.7. The predicted molar refractivity (Wildman–Crippen MR) is 120 cm³/mol. The quantitative estimate of drug-likeness (QED) is 0.397. The molecule has 174 valence electrons. The number of nitro benzene ring substituents is 1. The van der Waals surface area contributed by atoms with Crippen molar-refractivity contribution in [2.75, 3.05) is 30.1 Å². The lowest BCUT2D eigenvalue weighted by Crippen LogP contribution is -2.34. The van der Waals surface area contributed by atoms with Crippen LogP contribution in [0.1, 0.15) is 37.0 Å². The third-order valence-electron chi connectivity index (χ3n) is 5.70. The first-order valence-corrected chi connectivity index (χ1v) is 10.8. The van der Waals surface area contributed by atoms with Crippen LogP contribution >= 0.6 is 0 Å². The van der Waals surface area contributed by atoms with Gasteiger partial charge >= 0.3 is 5.97 Å². The Bertz CT molecular complexity index is 1090. The maximum Gasteiger partial charge on any atom is 0.339 e. The first-order chi connectivity index (χ1) is 15.8. The molecule has 33 heavy (non-hydrogen) atoms. The van der Waals surface area contributed by atoms with Gasteiger partial charge in [0.1, 0.15) is 5.69 Å². The smallest absolute Gasteiger partial charge is 0.339 e. The zero-order valence-electron chi connectivity index (χ0n) is 18.4. The molecule has 2 heterocycles. The third kappa shape index (κ3) is 5.00. The van der Waals surface area contributed by atoms with Gasteiger partial charge in [0.05, 0.1) is 10.5 Å². The zero-order chi connectivity index (χ0) is 23.5. The van der Waals surface area contributed by atoms with E-state index in [4.69, 9.17) is 14.2 Å². The van der Waals surface area contributed by atoms with Crippen LogP contribution in [-0.2, 0) is 9.53 Å². The minimum Gasteiger partial charge on any atom is -0.454 e. The number of hydrogen-bond donors (Lipinski definition) is 1. The molecule has 10 nitrogen and oxygen atoms in total. The fraction of sp³-hybridized carbons (Fsp3) is 0.391. The van der Waals surface area contributed by atoms with Crippen LogP contribution in [0, 0.1) is 16.0 Å². The molecule has 0 saturated carbocycles. The van der Waals surface area contributed by atoms with Gasteiger partial charge in [-0.1, -0.05) is 6.92 Å². The lowest BCUT2D eigenvalue weighted by molar-refractivity contribution is -0.384. The number of hydrogen-bond acceptors (Lipinski definition) is 8. The van der Waals surface area contributed by atoms with E-state index < -0.39 is 22.9 Å². The van der Waals surface area contributed by atoms with E-state index in [2.05, 4.69) is 12.2 Å². The summed E-state index contributed by atoms with van der Waals surface area (Å²) in [6.45, 7) is 5.11. The monoisotopic (exact) mass is 455 g/mol. The van der Waals surface area contributed by atoms with E-state index in [0.29, 0.717) is 28.8 Å². The number of ether oxygens (including phenoxy) is 3. The van der Waals surface area contributed by atoms with Gasteiger partial charge in [-0.25, -0.2) is 4.79 Å². The number of carbonyl (C=O) groups excluding carboxylic acids is 2. The number of rotatable bonds is 6. The Balaban J connectivity index is 1.43. The van der Waals surface area contributed by atoms with E-state index in [1.54, 1.807) is 24.3 Å². The molecule has 2 aromatic rings. The summed E-state index contributed by atoms with van der Waals surface area (Å²) >= 11 is 0. The summed E-state index contributed by atoms with van der Waals surface area (Å²) < 4.78 is 15.8. The number of nitrogens with one attached hydrogen (secondary N) is 1. The van der Waals surface area contributed by atoms with E-state index in [1.807, 2.05) is 4.90 Å². The van der Waals surface area contributed by atoms with Gasteiger partial charge in [0.25, 0.3) is 11.6 Å². The second kappa shape index (κ2) is 9.35.